The molecular formula is C27H36N4O. The third kappa shape index (κ3) is 13.2. The molecule has 0 unspecified atom stereocenters. The summed E-state index contributed by atoms with van der Waals surface area (Å²) in [5.41, 5.74) is 4.35. The van der Waals surface area contributed by atoms with Gasteiger partial charge in [-0.05, 0) is 63.8 Å². The zero-order valence-electron chi connectivity index (χ0n) is 19.7. The van der Waals surface area contributed by atoms with E-state index in [0.29, 0.717) is 13.0 Å². The Bertz CT molecular complexity index is 877. The highest BCUT2D eigenvalue weighted by Crippen LogP contribution is 2.14. The summed E-state index contributed by atoms with van der Waals surface area (Å²) in [6.45, 7) is 14.9. The second kappa shape index (κ2) is 17.5. The van der Waals surface area contributed by atoms with Crippen LogP contribution in [0.4, 0.5) is 0 Å². The van der Waals surface area contributed by atoms with Crippen LogP contribution in [0.2, 0.25) is 0 Å². The van der Waals surface area contributed by atoms with Crippen molar-refractivity contribution in [3.05, 3.63) is 108 Å². The van der Waals surface area contributed by atoms with Crippen LogP contribution in [-0.4, -0.2) is 13.2 Å². The van der Waals surface area contributed by atoms with Crippen LogP contribution in [0.3, 0.4) is 0 Å². The maximum Gasteiger partial charge on any atom is 0.0854 e. The Morgan fingerprint density at radius 2 is 1.88 bits per heavy atom. The summed E-state index contributed by atoms with van der Waals surface area (Å²) >= 11 is 0. The second-order valence-corrected chi connectivity index (χ2v) is 7.11. The Balaban J connectivity index is 2.69. The van der Waals surface area contributed by atoms with Crippen molar-refractivity contribution in [2.75, 3.05) is 13.2 Å². The van der Waals surface area contributed by atoms with Crippen LogP contribution in [0.1, 0.15) is 46.5 Å². The van der Waals surface area contributed by atoms with Crippen molar-refractivity contribution in [3.63, 3.8) is 0 Å². The highest BCUT2D eigenvalue weighted by molar-refractivity contribution is 5.28. The third-order valence-electron chi connectivity index (χ3n) is 4.20. The van der Waals surface area contributed by atoms with Crippen molar-refractivity contribution in [2.45, 2.75) is 46.5 Å². The van der Waals surface area contributed by atoms with Gasteiger partial charge in [-0.25, -0.2) is 0 Å². The van der Waals surface area contributed by atoms with Gasteiger partial charge in [-0.2, -0.15) is 20.5 Å². The van der Waals surface area contributed by atoms with E-state index < -0.39 is 0 Å². The Morgan fingerprint density at radius 1 is 1.06 bits per heavy atom. The fourth-order valence-electron chi connectivity index (χ4n) is 2.48. The minimum absolute atomic E-state index is 0.555. The molecule has 0 saturated heterocycles. The van der Waals surface area contributed by atoms with Gasteiger partial charge in [0.2, 0.25) is 0 Å². The average molecular weight is 433 g/mol. The number of hydrogen-bond donors (Lipinski definition) is 0. The van der Waals surface area contributed by atoms with Gasteiger partial charge in [0, 0.05) is 6.61 Å². The van der Waals surface area contributed by atoms with E-state index in [-0.39, 0.29) is 0 Å². The number of hydrogen-bond acceptors (Lipinski definition) is 5. The molecule has 32 heavy (non-hydrogen) atoms. The van der Waals surface area contributed by atoms with Gasteiger partial charge < -0.3 is 4.74 Å². The summed E-state index contributed by atoms with van der Waals surface area (Å²) in [5.74, 6) is 0. The molecule has 170 valence electrons. The van der Waals surface area contributed by atoms with Gasteiger partial charge in [-0.3, -0.25) is 0 Å². The lowest BCUT2D eigenvalue weighted by molar-refractivity contribution is 0.163. The second-order valence-electron chi connectivity index (χ2n) is 7.11. The van der Waals surface area contributed by atoms with Crippen LogP contribution in [0.15, 0.2) is 129 Å². The van der Waals surface area contributed by atoms with Gasteiger partial charge >= 0.3 is 0 Å². The third-order valence-corrected chi connectivity index (χ3v) is 4.20. The van der Waals surface area contributed by atoms with E-state index in [1.165, 1.54) is 5.57 Å². The van der Waals surface area contributed by atoms with Gasteiger partial charge in [0.25, 0.3) is 0 Å². The van der Waals surface area contributed by atoms with E-state index >= 15 is 0 Å². The molecule has 0 N–H and O–H groups in total. The maximum absolute atomic E-state index is 5.43. The molecule has 0 fully saturated rings. The molecule has 0 aliphatic heterocycles. The van der Waals surface area contributed by atoms with E-state index in [1.54, 1.807) is 18.2 Å². The molecule has 0 amide bonds. The Kier molecular flexibility index (Phi) is 14.7. The quantitative estimate of drug-likeness (QED) is 0.163. The Morgan fingerprint density at radius 3 is 2.62 bits per heavy atom. The number of ether oxygens (including phenoxy) is 1. The number of nitrogens with zero attached hydrogens (tertiary/aromatic N) is 4. The van der Waals surface area contributed by atoms with Crippen molar-refractivity contribution in [1.82, 2.24) is 0 Å². The first-order valence-corrected chi connectivity index (χ1v) is 11.0. The molecule has 5 nitrogen and oxygen atoms in total. The molecule has 5 heteroatoms. The summed E-state index contributed by atoms with van der Waals surface area (Å²) in [7, 11) is 0. The van der Waals surface area contributed by atoms with Crippen LogP contribution >= 0.6 is 0 Å². The standard InChI is InChI=1S/C27H36N4O/c1-6-13-26(18-12-22-32-21-7-2)30-28-24(5)15-11-17-25(8-3)29-31-27-16-10-9-14-23(4)19-20-27/h6,8,12-20H,1,3,7,9-11,21-22H2,2,4-5H3/b18-12-,20-19-,23-14+,24-15?,25-17+,26-13+,27-16?,30-28-,31-29-. The average Bonchev–Trinajstić information content (AvgIpc) is 2.78. The molecule has 0 bridgehead atoms. The minimum atomic E-state index is 0.555. The molecule has 0 aromatic carbocycles. The van der Waals surface area contributed by atoms with Crippen molar-refractivity contribution in [2.24, 2.45) is 20.5 Å². The summed E-state index contributed by atoms with van der Waals surface area (Å²) in [4.78, 5) is 0. The topological polar surface area (TPSA) is 58.7 Å². The first-order valence-electron chi connectivity index (χ1n) is 11.0. The monoisotopic (exact) mass is 432 g/mol. The van der Waals surface area contributed by atoms with Crippen LogP contribution in [0.25, 0.3) is 0 Å². The number of allylic oxidation sites excluding steroid dienone is 12. The molecule has 0 aromatic heterocycles. The number of rotatable bonds is 13. The van der Waals surface area contributed by atoms with Crippen LogP contribution in [0, 0.1) is 0 Å². The summed E-state index contributed by atoms with van der Waals surface area (Å²) in [6, 6.07) is 0. The Labute approximate surface area is 193 Å². The Hall–Kier alpha value is -3.18. The van der Waals surface area contributed by atoms with Crippen LogP contribution < -0.4 is 0 Å². The van der Waals surface area contributed by atoms with Gasteiger partial charge in [0.05, 0.1) is 29.4 Å². The maximum atomic E-state index is 5.43. The summed E-state index contributed by atoms with van der Waals surface area (Å²) < 4.78 is 5.43. The van der Waals surface area contributed by atoms with Crippen LogP contribution in [-0.2, 0) is 4.74 Å². The van der Waals surface area contributed by atoms with Gasteiger partial charge in [-0.15, -0.1) is 0 Å². The highest BCUT2D eigenvalue weighted by Gasteiger charge is 1.95. The fraction of sp³-hybridized carbons (Fsp3) is 0.333. The van der Waals surface area contributed by atoms with Crippen molar-refractivity contribution < 1.29 is 4.74 Å². The van der Waals surface area contributed by atoms with Gasteiger partial charge in [0.1, 0.15) is 0 Å². The van der Waals surface area contributed by atoms with Crippen molar-refractivity contribution >= 4 is 0 Å². The molecule has 0 aromatic rings. The SMILES string of the molecule is C=C/C=C(\C=C/COCCC)/N=N\C(C)=CC/C=C(C=C)/N=N\C1=CCC/C=C(C)/C=C\1. The molecule has 0 heterocycles. The largest absolute Gasteiger partial charge is 0.377 e. The minimum Gasteiger partial charge on any atom is -0.377 e. The van der Waals surface area contributed by atoms with E-state index in [9.17, 15) is 0 Å². The highest BCUT2D eigenvalue weighted by atomic mass is 16.5. The van der Waals surface area contributed by atoms with E-state index in [1.807, 2.05) is 37.3 Å². The lowest BCUT2D eigenvalue weighted by atomic mass is 10.1. The van der Waals surface area contributed by atoms with Gasteiger partial charge in [-0.1, -0.05) is 68.2 Å². The van der Waals surface area contributed by atoms with Crippen molar-refractivity contribution in [3.8, 4) is 0 Å². The molecule has 0 spiro atoms. The smallest absolute Gasteiger partial charge is 0.0854 e. The van der Waals surface area contributed by atoms with E-state index in [0.717, 1.165) is 48.7 Å². The molecular weight excluding hydrogens is 396 g/mol. The normalized spacial score (nSPS) is 19.0. The lowest BCUT2D eigenvalue weighted by Crippen LogP contribution is -1.91. The van der Waals surface area contributed by atoms with Gasteiger partial charge in [0.15, 0.2) is 0 Å². The number of azo groups is 2. The van der Waals surface area contributed by atoms with Crippen LogP contribution in [0.5, 0.6) is 0 Å². The van der Waals surface area contributed by atoms with E-state index in [2.05, 4.69) is 65.7 Å². The molecule has 1 rings (SSSR count). The first-order chi connectivity index (χ1) is 15.6. The lowest BCUT2D eigenvalue weighted by Gasteiger charge is -2.00. The molecule has 1 aliphatic rings. The van der Waals surface area contributed by atoms with Crippen molar-refractivity contribution in [1.29, 1.82) is 0 Å². The molecule has 0 radical (unpaired) electrons. The zero-order chi connectivity index (χ0) is 23.4. The first kappa shape index (κ1) is 26.9. The predicted octanol–water partition coefficient (Wildman–Crippen LogP) is 8.49. The van der Waals surface area contributed by atoms with E-state index in [4.69, 9.17) is 4.74 Å². The summed E-state index contributed by atoms with van der Waals surface area (Å²) in [6.07, 6.45) is 24.9. The fourth-order valence-corrected chi connectivity index (χ4v) is 2.48. The molecule has 0 saturated carbocycles. The summed E-state index contributed by atoms with van der Waals surface area (Å²) in [5, 5.41) is 17.2. The predicted molar refractivity (Wildman–Crippen MR) is 135 cm³/mol. The molecule has 0 atom stereocenters. The zero-order valence-corrected chi connectivity index (χ0v) is 19.7. The molecule has 1 aliphatic carbocycles.